The van der Waals surface area contributed by atoms with Gasteiger partial charge in [-0.25, -0.2) is 4.98 Å². The molecule has 0 radical (unpaired) electrons. The van der Waals surface area contributed by atoms with Gasteiger partial charge in [0.25, 0.3) is 17.7 Å². The van der Waals surface area contributed by atoms with Crippen molar-refractivity contribution in [1.29, 1.82) is 0 Å². The molecule has 0 bridgehead atoms. The number of benzene rings is 3. The zero-order valence-electron chi connectivity index (χ0n) is 18.3. The molecule has 0 saturated heterocycles. The molecule has 4 aromatic rings. The number of nitrogens with zero attached hydrogens (tertiary/aromatic N) is 3. The summed E-state index contributed by atoms with van der Waals surface area (Å²) in [6.45, 7) is 0.584. The van der Waals surface area contributed by atoms with E-state index in [9.17, 15) is 14.4 Å². The summed E-state index contributed by atoms with van der Waals surface area (Å²) in [5, 5.41) is 0.964. The van der Waals surface area contributed by atoms with Crippen molar-refractivity contribution < 1.29 is 14.4 Å². The number of hydrogen-bond donors (Lipinski definition) is 0. The Morgan fingerprint density at radius 1 is 0.824 bits per heavy atom. The van der Waals surface area contributed by atoms with Gasteiger partial charge in [-0.15, -0.1) is 0 Å². The molecule has 0 N–H and O–H groups in total. The van der Waals surface area contributed by atoms with Crippen molar-refractivity contribution >= 4 is 28.6 Å². The molecule has 6 rings (SSSR count). The van der Waals surface area contributed by atoms with Crippen LogP contribution in [0.2, 0.25) is 0 Å². The number of para-hydroxylation sites is 1. The van der Waals surface area contributed by atoms with E-state index in [-0.39, 0.29) is 24.3 Å². The van der Waals surface area contributed by atoms with E-state index in [2.05, 4.69) is 4.98 Å². The average Bonchev–Trinajstić information content (AvgIpc) is 3.13. The number of imide groups is 1. The van der Waals surface area contributed by atoms with Gasteiger partial charge in [-0.2, -0.15) is 0 Å². The molecule has 2 aliphatic heterocycles. The van der Waals surface area contributed by atoms with Gasteiger partial charge in [0, 0.05) is 11.9 Å². The molecule has 3 aromatic carbocycles. The zero-order valence-corrected chi connectivity index (χ0v) is 18.3. The third-order valence-corrected chi connectivity index (χ3v) is 6.72. The molecule has 2 aliphatic rings. The van der Waals surface area contributed by atoms with Crippen LogP contribution in [-0.2, 0) is 6.42 Å². The Hall–Kier alpha value is -4.32. The SMILES string of the molecule is O=C1c2ccccc2C(=O)N1CC1c2ccccc2CCN1C(=O)c1ccc2ccccc2n1. The minimum Gasteiger partial charge on any atom is -0.328 e. The molecule has 166 valence electrons. The largest absolute Gasteiger partial charge is 0.328 e. The van der Waals surface area contributed by atoms with Gasteiger partial charge in [0.1, 0.15) is 5.69 Å². The van der Waals surface area contributed by atoms with Crippen molar-refractivity contribution in [3.8, 4) is 0 Å². The Bertz CT molecular complexity index is 1440. The fourth-order valence-corrected chi connectivity index (χ4v) is 5.00. The van der Waals surface area contributed by atoms with Crippen LogP contribution in [0.1, 0.15) is 48.4 Å². The molecule has 0 aliphatic carbocycles. The number of hydrogen-bond acceptors (Lipinski definition) is 4. The second-order valence-electron chi connectivity index (χ2n) is 8.62. The maximum Gasteiger partial charge on any atom is 0.273 e. The number of aromatic nitrogens is 1. The lowest BCUT2D eigenvalue weighted by Crippen LogP contribution is -2.46. The number of carbonyl (C=O) groups is 3. The first-order valence-electron chi connectivity index (χ1n) is 11.3. The van der Waals surface area contributed by atoms with Gasteiger partial charge in [0.05, 0.1) is 29.2 Å². The summed E-state index contributed by atoms with van der Waals surface area (Å²) in [6.07, 6.45) is 0.702. The Morgan fingerprint density at radius 2 is 1.50 bits per heavy atom. The second-order valence-corrected chi connectivity index (χ2v) is 8.62. The monoisotopic (exact) mass is 447 g/mol. The molecule has 3 amide bonds. The van der Waals surface area contributed by atoms with Crippen molar-refractivity contribution in [3.63, 3.8) is 0 Å². The average molecular weight is 447 g/mol. The highest BCUT2D eigenvalue weighted by Crippen LogP contribution is 2.34. The van der Waals surface area contributed by atoms with Gasteiger partial charge in [-0.05, 0) is 41.8 Å². The molecule has 0 saturated carbocycles. The number of carbonyl (C=O) groups excluding carboxylic acids is 3. The van der Waals surface area contributed by atoms with Crippen LogP contribution in [0, 0.1) is 0 Å². The maximum absolute atomic E-state index is 13.7. The highest BCUT2D eigenvalue weighted by atomic mass is 16.2. The van der Waals surface area contributed by atoms with Gasteiger partial charge in [-0.3, -0.25) is 19.3 Å². The summed E-state index contributed by atoms with van der Waals surface area (Å²) in [6, 6.07) is 25.6. The topological polar surface area (TPSA) is 70.6 Å². The van der Waals surface area contributed by atoms with Crippen molar-refractivity contribution in [2.45, 2.75) is 12.5 Å². The molecule has 6 nitrogen and oxygen atoms in total. The number of amides is 3. The highest BCUT2D eigenvalue weighted by Gasteiger charge is 2.40. The van der Waals surface area contributed by atoms with Crippen LogP contribution in [0.4, 0.5) is 0 Å². The predicted octanol–water partition coefficient (Wildman–Crippen LogP) is 4.27. The Balaban J connectivity index is 1.38. The minimum atomic E-state index is -0.451. The van der Waals surface area contributed by atoms with Crippen molar-refractivity contribution in [2.75, 3.05) is 13.1 Å². The van der Waals surface area contributed by atoms with Crippen LogP contribution in [0.3, 0.4) is 0 Å². The summed E-state index contributed by atoms with van der Waals surface area (Å²) >= 11 is 0. The first kappa shape index (κ1) is 20.3. The van der Waals surface area contributed by atoms with Crippen LogP contribution >= 0.6 is 0 Å². The molecule has 3 heterocycles. The van der Waals surface area contributed by atoms with E-state index in [1.54, 1.807) is 35.2 Å². The van der Waals surface area contributed by atoms with Gasteiger partial charge >= 0.3 is 0 Å². The summed E-state index contributed by atoms with van der Waals surface area (Å²) in [5.74, 6) is -0.846. The maximum atomic E-state index is 13.7. The molecule has 0 spiro atoms. The molecule has 0 fully saturated rings. The Labute approximate surface area is 196 Å². The summed E-state index contributed by atoms with van der Waals surface area (Å²) in [5.41, 5.74) is 4.00. The van der Waals surface area contributed by atoms with Gasteiger partial charge < -0.3 is 4.90 Å². The van der Waals surface area contributed by atoms with Crippen LogP contribution in [0.25, 0.3) is 10.9 Å². The van der Waals surface area contributed by atoms with E-state index in [0.29, 0.717) is 29.8 Å². The first-order valence-corrected chi connectivity index (χ1v) is 11.3. The van der Waals surface area contributed by atoms with E-state index in [1.807, 2.05) is 54.6 Å². The van der Waals surface area contributed by atoms with E-state index < -0.39 is 6.04 Å². The van der Waals surface area contributed by atoms with Gasteiger partial charge in [0.2, 0.25) is 0 Å². The summed E-state index contributed by atoms with van der Waals surface area (Å²) in [4.78, 5) is 47.5. The molecule has 1 aromatic heterocycles. The lowest BCUT2D eigenvalue weighted by molar-refractivity contribution is 0.0500. The van der Waals surface area contributed by atoms with Crippen LogP contribution in [0.5, 0.6) is 0 Å². The van der Waals surface area contributed by atoms with E-state index in [1.165, 1.54) is 4.90 Å². The fourth-order valence-electron chi connectivity index (χ4n) is 5.00. The smallest absolute Gasteiger partial charge is 0.273 e. The minimum absolute atomic E-state index is 0.0999. The lowest BCUT2D eigenvalue weighted by Gasteiger charge is -2.38. The molecular formula is C28H21N3O3. The lowest BCUT2D eigenvalue weighted by atomic mass is 9.91. The Morgan fingerprint density at radius 3 is 2.29 bits per heavy atom. The Kier molecular flexibility index (Phi) is 4.73. The van der Waals surface area contributed by atoms with Gasteiger partial charge in [-0.1, -0.05) is 60.7 Å². The van der Waals surface area contributed by atoms with Gasteiger partial charge in [0.15, 0.2) is 0 Å². The van der Waals surface area contributed by atoms with Crippen molar-refractivity contribution in [2.24, 2.45) is 0 Å². The van der Waals surface area contributed by atoms with E-state index in [0.717, 1.165) is 22.0 Å². The van der Waals surface area contributed by atoms with Crippen LogP contribution in [-0.4, -0.2) is 45.6 Å². The predicted molar refractivity (Wildman–Crippen MR) is 127 cm³/mol. The number of pyridine rings is 1. The molecular weight excluding hydrogens is 426 g/mol. The normalized spacial score (nSPS) is 17.1. The molecule has 34 heavy (non-hydrogen) atoms. The molecule has 1 atom stereocenters. The van der Waals surface area contributed by atoms with Crippen LogP contribution in [0.15, 0.2) is 84.9 Å². The second kappa shape index (κ2) is 7.92. The fraction of sp³-hybridized carbons (Fsp3) is 0.143. The third kappa shape index (κ3) is 3.18. The number of fused-ring (bicyclic) bond motifs is 3. The quantitative estimate of drug-likeness (QED) is 0.440. The zero-order chi connectivity index (χ0) is 23.2. The standard InChI is InChI=1S/C28H21N3O3/c32-26-21-10-4-5-11-22(21)27(33)31(26)17-25-20-9-3-1-7-18(20)15-16-30(25)28(34)24-14-13-19-8-2-6-12-23(19)29-24/h1-14,25H,15-17H2. The molecule has 1 unspecified atom stereocenters. The first-order chi connectivity index (χ1) is 16.6. The highest BCUT2D eigenvalue weighted by molar-refractivity contribution is 6.21. The van der Waals surface area contributed by atoms with Crippen LogP contribution < -0.4 is 0 Å². The number of rotatable bonds is 3. The van der Waals surface area contributed by atoms with E-state index in [4.69, 9.17) is 0 Å². The molecule has 6 heteroatoms. The summed E-state index contributed by atoms with van der Waals surface area (Å²) < 4.78 is 0. The van der Waals surface area contributed by atoms with E-state index >= 15 is 0 Å². The van der Waals surface area contributed by atoms with Crippen molar-refractivity contribution in [1.82, 2.24) is 14.8 Å². The summed E-state index contributed by atoms with van der Waals surface area (Å²) in [7, 11) is 0. The van der Waals surface area contributed by atoms with Crippen molar-refractivity contribution in [3.05, 3.63) is 113 Å². The third-order valence-electron chi connectivity index (χ3n) is 6.72.